The number of alkyl halides is 3. The highest BCUT2D eigenvalue weighted by atomic mass is 19.4. The summed E-state index contributed by atoms with van der Waals surface area (Å²) in [6.45, 7) is 2.70. The lowest BCUT2D eigenvalue weighted by Gasteiger charge is -2.08. The smallest absolute Gasteiger partial charge is 0.454 e. The van der Waals surface area contributed by atoms with E-state index in [0.29, 0.717) is 12.4 Å². The molecule has 0 radical (unpaired) electrons. The summed E-state index contributed by atoms with van der Waals surface area (Å²) in [6.07, 6.45) is 2.04. The SMILES string of the molecule is CCCCCCCCOc1ccc(C(=O)C(F)(F)F)cc1. The van der Waals surface area contributed by atoms with Gasteiger partial charge in [-0.3, -0.25) is 4.79 Å². The molecule has 2 nitrogen and oxygen atoms in total. The molecule has 0 fully saturated rings. The summed E-state index contributed by atoms with van der Waals surface area (Å²) >= 11 is 0. The van der Waals surface area contributed by atoms with Gasteiger partial charge < -0.3 is 4.74 Å². The number of unbranched alkanes of at least 4 members (excludes halogenated alkanes) is 5. The van der Waals surface area contributed by atoms with Gasteiger partial charge in [0.2, 0.25) is 0 Å². The van der Waals surface area contributed by atoms with Crippen molar-refractivity contribution in [2.24, 2.45) is 0 Å². The number of halogens is 3. The largest absolute Gasteiger partial charge is 0.494 e. The minimum absolute atomic E-state index is 0.366. The standard InChI is InChI=1S/C16H21F3O2/c1-2-3-4-5-6-7-12-21-14-10-8-13(9-11-14)15(20)16(17,18)19/h8-11H,2-7,12H2,1H3. The molecule has 0 spiro atoms. The monoisotopic (exact) mass is 302 g/mol. The second-order valence-electron chi connectivity index (χ2n) is 4.97. The van der Waals surface area contributed by atoms with Crippen molar-refractivity contribution in [2.75, 3.05) is 6.61 Å². The zero-order valence-electron chi connectivity index (χ0n) is 12.2. The molecular weight excluding hydrogens is 281 g/mol. The Morgan fingerprint density at radius 2 is 1.57 bits per heavy atom. The average Bonchev–Trinajstić information content (AvgIpc) is 2.45. The normalized spacial score (nSPS) is 11.4. The van der Waals surface area contributed by atoms with Gasteiger partial charge in [-0.25, -0.2) is 0 Å². The number of ether oxygens (including phenoxy) is 1. The van der Waals surface area contributed by atoms with Crippen molar-refractivity contribution in [3.8, 4) is 5.75 Å². The van der Waals surface area contributed by atoms with E-state index in [2.05, 4.69) is 6.92 Å². The number of carbonyl (C=O) groups excluding carboxylic acids is 1. The van der Waals surface area contributed by atoms with Crippen LogP contribution in [0, 0.1) is 0 Å². The van der Waals surface area contributed by atoms with Crippen LogP contribution in [0.25, 0.3) is 0 Å². The Bertz CT molecular complexity index is 424. The highest BCUT2D eigenvalue weighted by Gasteiger charge is 2.39. The molecule has 0 atom stereocenters. The van der Waals surface area contributed by atoms with Gasteiger partial charge in [-0.1, -0.05) is 39.0 Å². The summed E-state index contributed by atoms with van der Waals surface area (Å²) in [7, 11) is 0. The van der Waals surface area contributed by atoms with Gasteiger partial charge in [-0.2, -0.15) is 13.2 Å². The maximum atomic E-state index is 12.2. The van der Waals surface area contributed by atoms with E-state index in [1.165, 1.54) is 37.8 Å². The van der Waals surface area contributed by atoms with Crippen LogP contribution >= 0.6 is 0 Å². The van der Waals surface area contributed by atoms with Gasteiger partial charge in [0.05, 0.1) is 6.61 Å². The van der Waals surface area contributed by atoms with E-state index in [-0.39, 0.29) is 5.56 Å². The fourth-order valence-electron chi connectivity index (χ4n) is 1.94. The van der Waals surface area contributed by atoms with Crippen molar-refractivity contribution >= 4 is 5.78 Å². The third-order valence-electron chi connectivity index (χ3n) is 3.14. The number of rotatable bonds is 9. The molecule has 0 aliphatic heterocycles. The summed E-state index contributed by atoms with van der Waals surface area (Å²) in [4.78, 5) is 11.0. The van der Waals surface area contributed by atoms with Crippen LogP contribution in [0.5, 0.6) is 5.75 Å². The predicted octanol–water partition coefficient (Wildman–Crippen LogP) is 5.17. The summed E-state index contributed by atoms with van der Waals surface area (Å²) in [5.74, 6) is -1.34. The lowest BCUT2D eigenvalue weighted by Crippen LogP contribution is -2.22. The van der Waals surface area contributed by atoms with Gasteiger partial charge in [0, 0.05) is 5.56 Å². The Hall–Kier alpha value is -1.52. The van der Waals surface area contributed by atoms with Crippen molar-refractivity contribution < 1.29 is 22.7 Å². The first-order valence-electron chi connectivity index (χ1n) is 7.29. The van der Waals surface area contributed by atoms with E-state index in [0.717, 1.165) is 25.0 Å². The predicted molar refractivity (Wildman–Crippen MR) is 75.7 cm³/mol. The van der Waals surface area contributed by atoms with Crippen LogP contribution in [0.1, 0.15) is 55.8 Å². The molecule has 21 heavy (non-hydrogen) atoms. The van der Waals surface area contributed by atoms with E-state index in [1.54, 1.807) is 0 Å². The second kappa shape index (κ2) is 8.70. The zero-order chi connectivity index (χ0) is 15.7. The van der Waals surface area contributed by atoms with Crippen LogP contribution in [0.4, 0.5) is 13.2 Å². The quantitative estimate of drug-likeness (QED) is 0.464. The Morgan fingerprint density at radius 1 is 1.00 bits per heavy atom. The van der Waals surface area contributed by atoms with Gasteiger partial charge >= 0.3 is 6.18 Å². The lowest BCUT2D eigenvalue weighted by molar-refractivity contribution is -0.0885. The van der Waals surface area contributed by atoms with Crippen molar-refractivity contribution in [1.82, 2.24) is 0 Å². The minimum Gasteiger partial charge on any atom is -0.494 e. The van der Waals surface area contributed by atoms with Crippen LogP contribution < -0.4 is 4.74 Å². The van der Waals surface area contributed by atoms with Crippen LogP contribution in [-0.2, 0) is 0 Å². The Morgan fingerprint density at radius 3 is 2.14 bits per heavy atom. The van der Waals surface area contributed by atoms with Crippen molar-refractivity contribution in [2.45, 2.75) is 51.6 Å². The Kier molecular flexibility index (Phi) is 7.26. The second-order valence-corrected chi connectivity index (χ2v) is 4.97. The van der Waals surface area contributed by atoms with Crippen molar-refractivity contribution in [3.63, 3.8) is 0 Å². The maximum absolute atomic E-state index is 12.2. The summed E-state index contributed by atoms with van der Waals surface area (Å²) in [5.41, 5.74) is -0.366. The van der Waals surface area contributed by atoms with E-state index in [9.17, 15) is 18.0 Å². The van der Waals surface area contributed by atoms with Crippen molar-refractivity contribution in [3.05, 3.63) is 29.8 Å². The first-order chi connectivity index (χ1) is 9.95. The number of hydrogen-bond acceptors (Lipinski definition) is 2. The molecule has 1 aromatic rings. The number of benzene rings is 1. The fraction of sp³-hybridized carbons (Fsp3) is 0.562. The molecule has 0 unspecified atom stereocenters. The lowest BCUT2D eigenvalue weighted by atomic mass is 10.1. The molecule has 0 bridgehead atoms. The molecule has 0 saturated heterocycles. The third-order valence-corrected chi connectivity index (χ3v) is 3.14. The maximum Gasteiger partial charge on any atom is 0.454 e. The van der Waals surface area contributed by atoms with Gasteiger partial charge in [-0.15, -0.1) is 0 Å². The average molecular weight is 302 g/mol. The van der Waals surface area contributed by atoms with Gasteiger partial charge in [0.15, 0.2) is 0 Å². The molecule has 0 heterocycles. The molecular formula is C16H21F3O2. The molecule has 0 amide bonds. The molecule has 1 aromatic carbocycles. The Balaban J connectivity index is 2.30. The zero-order valence-corrected chi connectivity index (χ0v) is 12.2. The minimum atomic E-state index is -4.83. The summed E-state index contributed by atoms with van der Waals surface area (Å²) in [5, 5.41) is 0. The molecule has 0 aromatic heterocycles. The van der Waals surface area contributed by atoms with Gasteiger partial charge in [0.1, 0.15) is 5.75 Å². The van der Waals surface area contributed by atoms with Crippen LogP contribution in [0.2, 0.25) is 0 Å². The number of carbonyl (C=O) groups is 1. The number of ketones is 1. The van der Waals surface area contributed by atoms with Crippen LogP contribution in [0.15, 0.2) is 24.3 Å². The van der Waals surface area contributed by atoms with E-state index in [1.807, 2.05) is 0 Å². The first kappa shape index (κ1) is 17.5. The Labute approximate surface area is 123 Å². The van der Waals surface area contributed by atoms with Crippen molar-refractivity contribution in [1.29, 1.82) is 0 Å². The molecule has 0 aliphatic rings. The van der Waals surface area contributed by atoms with Crippen LogP contribution in [0.3, 0.4) is 0 Å². The number of Topliss-reactive ketones (excluding diaryl/α,β-unsaturated/α-hetero) is 1. The third kappa shape index (κ3) is 6.65. The molecule has 0 aliphatic carbocycles. The summed E-state index contributed by atoms with van der Waals surface area (Å²) < 4.78 is 42.1. The topological polar surface area (TPSA) is 26.3 Å². The molecule has 0 saturated carbocycles. The first-order valence-corrected chi connectivity index (χ1v) is 7.29. The van der Waals surface area contributed by atoms with Gasteiger partial charge in [-0.05, 0) is 30.7 Å². The fourth-order valence-corrected chi connectivity index (χ4v) is 1.94. The molecule has 0 N–H and O–H groups in total. The molecule has 1 rings (SSSR count). The van der Waals surface area contributed by atoms with E-state index in [4.69, 9.17) is 4.74 Å². The molecule has 5 heteroatoms. The number of hydrogen-bond donors (Lipinski definition) is 0. The van der Waals surface area contributed by atoms with E-state index >= 15 is 0 Å². The highest BCUT2D eigenvalue weighted by Crippen LogP contribution is 2.23. The van der Waals surface area contributed by atoms with Crippen LogP contribution in [-0.4, -0.2) is 18.6 Å². The van der Waals surface area contributed by atoms with E-state index < -0.39 is 12.0 Å². The highest BCUT2D eigenvalue weighted by molar-refractivity contribution is 6.00. The molecule has 118 valence electrons. The van der Waals surface area contributed by atoms with Gasteiger partial charge in [0.25, 0.3) is 5.78 Å². The summed E-state index contributed by atoms with van der Waals surface area (Å²) in [6, 6.07) is 5.09.